The molecule has 0 amide bonds. The Morgan fingerprint density at radius 3 is 2.55 bits per heavy atom. The van der Waals surface area contributed by atoms with Crippen molar-refractivity contribution in [1.82, 2.24) is 14.6 Å². The van der Waals surface area contributed by atoms with Crippen LogP contribution in [0, 0.1) is 0 Å². The highest BCUT2D eigenvalue weighted by molar-refractivity contribution is 7.36. The van der Waals surface area contributed by atoms with Gasteiger partial charge in [0.05, 0.1) is 6.10 Å². The molecule has 11 nitrogen and oxygen atoms in total. The maximum Gasteiger partial charge on any atom is 0.614 e. The van der Waals surface area contributed by atoms with Gasteiger partial charge in [0.15, 0.2) is 6.61 Å². The van der Waals surface area contributed by atoms with Crippen LogP contribution in [0.15, 0.2) is 17.1 Å². The summed E-state index contributed by atoms with van der Waals surface area (Å²) in [7, 11) is -2.69. The molecule has 1 rings (SSSR count). The van der Waals surface area contributed by atoms with E-state index in [1.807, 2.05) is 0 Å². The van der Waals surface area contributed by atoms with Crippen molar-refractivity contribution >= 4 is 20.0 Å². The molecule has 1 heterocycles. The fourth-order valence-electron chi connectivity index (χ4n) is 2.03. The number of halogens is 1. The van der Waals surface area contributed by atoms with E-state index in [0.29, 0.717) is 0 Å². The molecule has 0 bridgehead atoms. The molecule has 0 aromatic carbocycles. The molecule has 1 aromatic rings. The molecule has 5 atom stereocenters. The van der Waals surface area contributed by atoms with Crippen molar-refractivity contribution in [3.63, 3.8) is 0 Å². The van der Waals surface area contributed by atoms with E-state index < -0.39 is 50.7 Å². The normalized spacial score (nSPS) is 17.3. The number of carbonyl (C=O) groups is 1. The number of anilines is 1. The number of esters is 1. The number of carbonyl (C=O) groups excluding carboxylic acids is 1. The Morgan fingerprint density at radius 1 is 1.41 bits per heavy atom. The number of aliphatic hydroxyl groups is 1. The predicted molar refractivity (Wildman–Crippen MR) is 102 cm³/mol. The van der Waals surface area contributed by atoms with Gasteiger partial charge in [-0.2, -0.15) is 4.98 Å². The summed E-state index contributed by atoms with van der Waals surface area (Å²) in [5.41, 5.74) is 4.62. The molecule has 0 saturated heterocycles. The van der Waals surface area contributed by atoms with Gasteiger partial charge >= 0.3 is 19.8 Å². The zero-order valence-corrected chi connectivity index (χ0v) is 17.8. The third-order valence-corrected chi connectivity index (χ3v) is 4.58. The smallest absolute Gasteiger partial charge is 0.462 e. The molecule has 1 aromatic heterocycles. The average molecular weight is 437 g/mol. The lowest BCUT2D eigenvalue weighted by molar-refractivity contribution is -0.253. The monoisotopic (exact) mass is 437 g/mol. The molecular formula is C16H27FN4O7P+. The number of nitrogen functional groups attached to an aromatic ring is 1. The van der Waals surface area contributed by atoms with E-state index in [1.165, 1.54) is 26.1 Å². The number of ether oxygens (including phenoxy) is 2. The molecule has 1 unspecified atom stereocenters. The first-order valence-electron chi connectivity index (χ1n) is 8.82. The van der Waals surface area contributed by atoms with Crippen LogP contribution >= 0.6 is 8.18 Å². The number of hydrogen-bond acceptors (Lipinski definition) is 9. The van der Waals surface area contributed by atoms with Crippen molar-refractivity contribution in [2.45, 2.75) is 65.0 Å². The highest BCUT2D eigenvalue weighted by Crippen LogP contribution is 2.29. The summed E-state index contributed by atoms with van der Waals surface area (Å²) in [6, 6.07) is 0.347. The molecular weight excluding hydrogens is 410 g/mol. The van der Waals surface area contributed by atoms with Gasteiger partial charge in [0.1, 0.15) is 24.2 Å². The SMILES string of the molecule is CC(C)OC(=O)[C@H](C)N[P+](=O)OC[C@@](F)(O[C@H](C)n1ccc(N)nc1=O)[C@H](C)O. The predicted octanol–water partition coefficient (Wildman–Crippen LogP) is 1.01. The molecule has 13 heteroatoms. The lowest BCUT2D eigenvalue weighted by Crippen LogP contribution is -2.45. The summed E-state index contributed by atoms with van der Waals surface area (Å²) < 4.78 is 43.0. The van der Waals surface area contributed by atoms with Gasteiger partial charge < -0.3 is 20.3 Å². The minimum absolute atomic E-state index is 0.0167. The van der Waals surface area contributed by atoms with E-state index in [4.69, 9.17) is 19.7 Å². The van der Waals surface area contributed by atoms with Gasteiger partial charge in [-0.25, -0.2) is 9.18 Å². The van der Waals surface area contributed by atoms with E-state index in [-0.39, 0.29) is 11.9 Å². The summed E-state index contributed by atoms with van der Waals surface area (Å²) in [6.45, 7) is 6.21. The Kier molecular flexibility index (Phi) is 9.24. The van der Waals surface area contributed by atoms with Crippen molar-refractivity contribution in [2.24, 2.45) is 0 Å². The molecule has 0 radical (unpaired) electrons. The zero-order valence-electron chi connectivity index (χ0n) is 16.9. The zero-order chi connectivity index (χ0) is 22.4. The number of nitrogens with two attached hydrogens (primary N) is 1. The van der Waals surface area contributed by atoms with Crippen LogP contribution in [0.2, 0.25) is 0 Å². The van der Waals surface area contributed by atoms with Crippen molar-refractivity contribution in [3.8, 4) is 0 Å². The van der Waals surface area contributed by atoms with Crippen LogP contribution in [0.5, 0.6) is 0 Å². The first-order chi connectivity index (χ1) is 13.4. The van der Waals surface area contributed by atoms with E-state index in [1.54, 1.807) is 13.8 Å². The lowest BCUT2D eigenvalue weighted by Gasteiger charge is -2.29. The number of aliphatic hydroxyl groups excluding tert-OH is 1. The van der Waals surface area contributed by atoms with Crippen molar-refractivity contribution in [3.05, 3.63) is 22.7 Å². The van der Waals surface area contributed by atoms with Gasteiger partial charge in [-0.3, -0.25) is 9.36 Å². The topological polar surface area (TPSA) is 155 Å². The van der Waals surface area contributed by atoms with Crippen molar-refractivity contribution in [2.75, 3.05) is 12.3 Å². The summed E-state index contributed by atoms with van der Waals surface area (Å²) in [5, 5.41) is 12.1. The lowest BCUT2D eigenvalue weighted by atomic mass is 10.2. The first kappa shape index (κ1) is 25.1. The Bertz CT molecular complexity index is 776. The average Bonchev–Trinajstić information content (AvgIpc) is 2.59. The van der Waals surface area contributed by atoms with Gasteiger partial charge in [0, 0.05) is 6.20 Å². The number of nitrogens with one attached hydrogen (secondary N) is 1. The minimum atomic E-state index is -2.81. The van der Waals surface area contributed by atoms with Gasteiger partial charge in [-0.05, 0) is 45.3 Å². The Morgan fingerprint density at radius 2 is 2.03 bits per heavy atom. The first-order valence-corrected chi connectivity index (χ1v) is 9.99. The fourth-order valence-corrected chi connectivity index (χ4v) is 2.81. The molecule has 0 saturated carbocycles. The minimum Gasteiger partial charge on any atom is -0.462 e. The second kappa shape index (κ2) is 10.7. The summed E-state index contributed by atoms with van der Waals surface area (Å²) >= 11 is 0. The van der Waals surface area contributed by atoms with E-state index >= 15 is 4.39 Å². The van der Waals surface area contributed by atoms with Crippen LogP contribution in [0.3, 0.4) is 0 Å². The highest BCUT2D eigenvalue weighted by Gasteiger charge is 2.43. The number of rotatable bonds is 11. The number of alkyl halides is 1. The third-order valence-electron chi connectivity index (χ3n) is 3.62. The fraction of sp³-hybridized carbons (Fsp3) is 0.688. The van der Waals surface area contributed by atoms with Crippen LogP contribution in [0.25, 0.3) is 0 Å². The molecule has 0 fully saturated rings. The Hall–Kier alpha value is -1.98. The number of hydrogen-bond donors (Lipinski definition) is 3. The van der Waals surface area contributed by atoms with Gasteiger partial charge in [0.25, 0.3) is 5.85 Å². The number of nitrogens with zero attached hydrogens (tertiary/aromatic N) is 2. The molecule has 0 aliphatic carbocycles. The van der Waals surface area contributed by atoms with Gasteiger partial charge in [0.2, 0.25) is 0 Å². The summed E-state index contributed by atoms with van der Waals surface area (Å²) in [4.78, 5) is 27.0. The molecule has 164 valence electrons. The molecule has 0 aliphatic rings. The molecule has 29 heavy (non-hydrogen) atoms. The van der Waals surface area contributed by atoms with E-state index in [9.17, 15) is 19.3 Å². The van der Waals surface area contributed by atoms with Crippen molar-refractivity contribution < 1.29 is 32.9 Å². The molecule has 0 spiro atoms. The highest BCUT2D eigenvalue weighted by atomic mass is 31.1. The summed E-state index contributed by atoms with van der Waals surface area (Å²) in [6.07, 6.45) is -2.00. The summed E-state index contributed by atoms with van der Waals surface area (Å²) in [5.74, 6) is -3.49. The van der Waals surface area contributed by atoms with E-state index in [2.05, 4.69) is 10.1 Å². The van der Waals surface area contributed by atoms with Gasteiger partial charge in [-0.15, -0.1) is 4.52 Å². The van der Waals surface area contributed by atoms with Crippen molar-refractivity contribution in [1.29, 1.82) is 0 Å². The van der Waals surface area contributed by atoms with Gasteiger partial charge in [-0.1, -0.05) is 5.09 Å². The second-order valence-corrected chi connectivity index (χ2v) is 7.62. The van der Waals surface area contributed by atoms with E-state index in [0.717, 1.165) is 11.5 Å². The Labute approximate surface area is 168 Å². The second-order valence-electron chi connectivity index (χ2n) is 6.59. The third kappa shape index (κ3) is 7.75. The van der Waals surface area contributed by atoms with Crippen LogP contribution < -0.4 is 16.5 Å². The maximum absolute atomic E-state index is 15.1. The molecule has 0 aliphatic heterocycles. The largest absolute Gasteiger partial charge is 0.614 e. The maximum atomic E-state index is 15.1. The van der Waals surface area contributed by atoms with Crippen LogP contribution in [-0.4, -0.2) is 51.3 Å². The quantitative estimate of drug-likeness (QED) is 0.337. The van der Waals surface area contributed by atoms with Crippen LogP contribution in [0.4, 0.5) is 10.2 Å². The Balaban J connectivity index is 2.74. The number of aromatic nitrogens is 2. The van der Waals surface area contributed by atoms with Crippen LogP contribution in [0.1, 0.15) is 40.8 Å². The van der Waals surface area contributed by atoms with Crippen LogP contribution in [-0.2, 0) is 23.4 Å². The standard InChI is InChI=1S/C16H26FN4O7P/c1-9(2)27-14(23)10(3)20-29(25)26-8-16(17,11(4)22)28-12(5)21-7-6-13(18)19-15(21)24/h6-7,9-12,22H,8H2,1-5H3,(H2-,18,19,20,24,25)/p+1/t10-,11-,12+,16+/m0/s1. The molecule has 4 N–H and O–H groups in total.